The summed E-state index contributed by atoms with van der Waals surface area (Å²) in [5.74, 6) is -1.77. The Labute approximate surface area is 181 Å². The maximum absolute atomic E-state index is 13.3. The Hall–Kier alpha value is -3.35. The normalized spacial score (nSPS) is 19.9. The lowest BCUT2D eigenvalue weighted by molar-refractivity contribution is -0.175. The van der Waals surface area contributed by atoms with Gasteiger partial charge in [-0.05, 0) is 35.4 Å². The zero-order valence-electron chi connectivity index (χ0n) is 18.0. The second-order valence-corrected chi connectivity index (χ2v) is 7.45. The maximum atomic E-state index is 13.3. The lowest BCUT2D eigenvalue weighted by Crippen LogP contribution is -2.54. The van der Waals surface area contributed by atoms with Gasteiger partial charge in [-0.1, -0.05) is 24.3 Å². The highest BCUT2D eigenvalue weighted by molar-refractivity contribution is 6.05. The van der Waals surface area contributed by atoms with Gasteiger partial charge in [-0.15, -0.1) is 0 Å². The molecule has 7 nitrogen and oxygen atoms in total. The number of carbonyl (C=O) groups is 3. The number of hydrogen-bond donors (Lipinski definition) is 0. The number of benzene rings is 2. The second-order valence-electron chi connectivity index (χ2n) is 7.45. The molecule has 0 amide bonds. The molecule has 0 saturated heterocycles. The Morgan fingerprint density at radius 2 is 1.06 bits per heavy atom. The molecule has 0 aliphatic heterocycles. The van der Waals surface area contributed by atoms with Crippen molar-refractivity contribution in [2.45, 2.75) is 24.7 Å². The number of carbonyl (C=O) groups excluding carboxylic acids is 3. The van der Waals surface area contributed by atoms with Crippen LogP contribution < -0.4 is 9.47 Å². The first kappa shape index (κ1) is 22.3. The highest BCUT2D eigenvalue weighted by Crippen LogP contribution is 2.55. The van der Waals surface area contributed by atoms with Gasteiger partial charge >= 0.3 is 11.9 Å². The quantitative estimate of drug-likeness (QED) is 0.517. The van der Waals surface area contributed by atoms with Crippen LogP contribution in [0.3, 0.4) is 0 Å². The van der Waals surface area contributed by atoms with Crippen LogP contribution >= 0.6 is 0 Å². The standard InChI is InChI=1S/C24H26O7/c1-28-18-9-5-15(6-10-18)20-13-17(25)14-21(16-7-11-19(29-2)12-8-16)24(20,22(26)30-3)23(27)31-4/h5-12,20-21H,13-14H2,1-4H3/t20-,21+. The molecule has 2 aromatic rings. The van der Waals surface area contributed by atoms with E-state index in [-0.39, 0.29) is 18.6 Å². The minimum Gasteiger partial charge on any atom is -0.497 e. The molecule has 1 fully saturated rings. The summed E-state index contributed by atoms with van der Waals surface area (Å²) in [6, 6.07) is 14.0. The number of rotatable bonds is 6. The second kappa shape index (κ2) is 9.20. The van der Waals surface area contributed by atoms with Crippen molar-refractivity contribution in [1.29, 1.82) is 0 Å². The van der Waals surface area contributed by atoms with Crippen LogP contribution in [0.15, 0.2) is 48.5 Å². The molecule has 0 spiro atoms. The van der Waals surface area contributed by atoms with Crippen LogP contribution in [0.4, 0.5) is 0 Å². The minimum absolute atomic E-state index is 0.0170. The van der Waals surface area contributed by atoms with Crippen LogP contribution in [0.1, 0.15) is 35.8 Å². The van der Waals surface area contributed by atoms with Crippen LogP contribution in [-0.4, -0.2) is 46.2 Å². The number of hydrogen-bond acceptors (Lipinski definition) is 7. The summed E-state index contributed by atoms with van der Waals surface area (Å²) >= 11 is 0. The third-order valence-corrected chi connectivity index (χ3v) is 6.05. The van der Waals surface area contributed by atoms with E-state index in [1.54, 1.807) is 62.8 Å². The SMILES string of the molecule is COC(=O)C1(C(=O)OC)[C@@H](c2ccc(OC)cc2)CC(=O)C[C@H]1c1ccc(OC)cc1. The van der Waals surface area contributed by atoms with Gasteiger partial charge in [0.2, 0.25) is 0 Å². The number of methoxy groups -OCH3 is 4. The van der Waals surface area contributed by atoms with E-state index in [0.29, 0.717) is 22.6 Å². The van der Waals surface area contributed by atoms with Gasteiger partial charge in [0.15, 0.2) is 5.41 Å². The van der Waals surface area contributed by atoms with Crippen molar-refractivity contribution < 1.29 is 33.3 Å². The molecule has 3 rings (SSSR count). The number of ketones is 1. The summed E-state index contributed by atoms with van der Waals surface area (Å²) < 4.78 is 20.7. The van der Waals surface area contributed by atoms with Gasteiger partial charge in [0.05, 0.1) is 28.4 Å². The van der Waals surface area contributed by atoms with E-state index >= 15 is 0 Å². The average molecular weight is 426 g/mol. The molecule has 2 atom stereocenters. The van der Waals surface area contributed by atoms with Crippen LogP contribution in [0, 0.1) is 5.41 Å². The van der Waals surface area contributed by atoms with E-state index in [9.17, 15) is 14.4 Å². The zero-order chi connectivity index (χ0) is 22.6. The molecule has 2 aromatic carbocycles. The lowest BCUT2D eigenvalue weighted by Gasteiger charge is -2.44. The van der Waals surface area contributed by atoms with Crippen molar-refractivity contribution >= 4 is 17.7 Å². The molecular formula is C24H26O7. The van der Waals surface area contributed by atoms with E-state index < -0.39 is 29.2 Å². The molecule has 31 heavy (non-hydrogen) atoms. The predicted octanol–water partition coefficient (Wildman–Crippen LogP) is 3.27. The fourth-order valence-electron chi connectivity index (χ4n) is 4.53. The summed E-state index contributed by atoms with van der Waals surface area (Å²) in [7, 11) is 5.57. The first-order valence-electron chi connectivity index (χ1n) is 9.88. The summed E-state index contributed by atoms with van der Waals surface area (Å²) in [5, 5.41) is 0. The van der Waals surface area contributed by atoms with E-state index in [4.69, 9.17) is 18.9 Å². The molecule has 164 valence electrons. The molecule has 0 heterocycles. The molecule has 0 bridgehead atoms. The van der Waals surface area contributed by atoms with Gasteiger partial charge in [0.25, 0.3) is 0 Å². The third kappa shape index (κ3) is 3.87. The van der Waals surface area contributed by atoms with Crippen molar-refractivity contribution in [3.63, 3.8) is 0 Å². The Balaban J connectivity index is 2.24. The van der Waals surface area contributed by atoms with Gasteiger partial charge in [-0.3, -0.25) is 14.4 Å². The lowest BCUT2D eigenvalue weighted by atomic mass is 9.56. The van der Waals surface area contributed by atoms with Gasteiger partial charge in [-0.25, -0.2) is 0 Å². The highest BCUT2D eigenvalue weighted by atomic mass is 16.5. The molecule has 1 aliphatic rings. The molecule has 1 aliphatic carbocycles. The van der Waals surface area contributed by atoms with E-state index in [0.717, 1.165) is 0 Å². The van der Waals surface area contributed by atoms with Crippen molar-refractivity contribution in [3.05, 3.63) is 59.7 Å². The van der Waals surface area contributed by atoms with Crippen LogP contribution in [-0.2, 0) is 23.9 Å². The van der Waals surface area contributed by atoms with Crippen molar-refractivity contribution in [2.24, 2.45) is 5.41 Å². The predicted molar refractivity (Wildman–Crippen MR) is 112 cm³/mol. The molecule has 0 radical (unpaired) electrons. The average Bonchev–Trinajstić information content (AvgIpc) is 2.82. The Morgan fingerprint density at radius 3 is 1.35 bits per heavy atom. The monoisotopic (exact) mass is 426 g/mol. The third-order valence-electron chi connectivity index (χ3n) is 6.05. The fraction of sp³-hybridized carbons (Fsp3) is 0.375. The molecule has 0 unspecified atom stereocenters. The molecule has 7 heteroatoms. The number of esters is 2. The summed E-state index contributed by atoms with van der Waals surface area (Å²) in [5.41, 5.74) is -0.410. The molecule has 0 aromatic heterocycles. The summed E-state index contributed by atoms with van der Waals surface area (Å²) in [6.45, 7) is 0. The summed E-state index contributed by atoms with van der Waals surface area (Å²) in [4.78, 5) is 39.5. The number of Topliss-reactive ketones (excluding diaryl/α,β-unsaturated/α-hetero) is 1. The van der Waals surface area contributed by atoms with E-state index in [1.165, 1.54) is 14.2 Å². The molecule has 0 N–H and O–H groups in total. The maximum Gasteiger partial charge on any atom is 0.324 e. The van der Waals surface area contributed by atoms with Crippen molar-refractivity contribution in [1.82, 2.24) is 0 Å². The molecular weight excluding hydrogens is 400 g/mol. The first-order chi connectivity index (χ1) is 14.9. The van der Waals surface area contributed by atoms with Crippen LogP contribution in [0.25, 0.3) is 0 Å². The Bertz CT molecular complexity index is 869. The summed E-state index contributed by atoms with van der Waals surface area (Å²) in [6.07, 6.45) is 0.0341. The number of ether oxygens (including phenoxy) is 4. The van der Waals surface area contributed by atoms with Crippen molar-refractivity contribution in [3.8, 4) is 11.5 Å². The molecule has 1 saturated carbocycles. The Kier molecular flexibility index (Phi) is 6.63. The van der Waals surface area contributed by atoms with E-state index in [1.807, 2.05) is 0 Å². The Morgan fingerprint density at radius 1 is 0.710 bits per heavy atom. The largest absolute Gasteiger partial charge is 0.497 e. The van der Waals surface area contributed by atoms with E-state index in [2.05, 4.69) is 0 Å². The van der Waals surface area contributed by atoms with Crippen LogP contribution in [0.5, 0.6) is 11.5 Å². The van der Waals surface area contributed by atoms with Gasteiger partial charge in [0.1, 0.15) is 17.3 Å². The van der Waals surface area contributed by atoms with Crippen LogP contribution in [0.2, 0.25) is 0 Å². The highest BCUT2D eigenvalue weighted by Gasteiger charge is 2.63. The van der Waals surface area contributed by atoms with Gasteiger partial charge in [-0.2, -0.15) is 0 Å². The minimum atomic E-state index is -1.72. The smallest absolute Gasteiger partial charge is 0.324 e. The topological polar surface area (TPSA) is 88.1 Å². The fourth-order valence-corrected chi connectivity index (χ4v) is 4.53. The van der Waals surface area contributed by atoms with Gasteiger partial charge in [0, 0.05) is 24.7 Å². The van der Waals surface area contributed by atoms with Crippen molar-refractivity contribution in [2.75, 3.05) is 28.4 Å². The first-order valence-corrected chi connectivity index (χ1v) is 9.88. The zero-order valence-corrected chi connectivity index (χ0v) is 18.0. The van der Waals surface area contributed by atoms with Gasteiger partial charge < -0.3 is 18.9 Å².